The van der Waals surface area contributed by atoms with Crippen molar-refractivity contribution >= 4 is 17.5 Å². The van der Waals surface area contributed by atoms with Crippen LogP contribution in [-0.4, -0.2) is 70.3 Å². The fraction of sp³-hybridized carbons (Fsp3) is 0.650. The lowest BCUT2D eigenvalue weighted by atomic mass is 10.1. The molecule has 0 aromatic carbocycles. The maximum absolute atomic E-state index is 13.2. The summed E-state index contributed by atoms with van der Waals surface area (Å²) in [6.07, 6.45) is -0.122. The molecule has 9 nitrogen and oxygen atoms in total. The molecule has 2 N–H and O–H groups in total. The van der Waals surface area contributed by atoms with Gasteiger partial charge in [0.15, 0.2) is 6.29 Å². The molecule has 0 spiro atoms. The van der Waals surface area contributed by atoms with Crippen LogP contribution in [0.1, 0.15) is 37.1 Å². The van der Waals surface area contributed by atoms with E-state index in [-0.39, 0.29) is 24.1 Å². The van der Waals surface area contributed by atoms with Crippen LogP contribution in [0.25, 0.3) is 0 Å². The summed E-state index contributed by atoms with van der Waals surface area (Å²) in [5.74, 6) is -0.159. The molecule has 0 atom stereocenters. The molecule has 2 aliphatic rings. The average Bonchev–Trinajstić information content (AvgIpc) is 3.38. The van der Waals surface area contributed by atoms with Crippen LogP contribution in [0.5, 0.6) is 0 Å². The number of piperidine rings is 1. The smallest absolute Gasteiger partial charge is 0.370 e. The lowest BCUT2D eigenvalue weighted by Crippen LogP contribution is -2.39. The zero-order valence-corrected chi connectivity index (χ0v) is 18.2. The van der Waals surface area contributed by atoms with Gasteiger partial charge < -0.3 is 20.1 Å². The van der Waals surface area contributed by atoms with Gasteiger partial charge in [0, 0.05) is 38.6 Å². The molecule has 4 heterocycles. The van der Waals surface area contributed by atoms with Crippen molar-refractivity contribution in [3.63, 3.8) is 0 Å². The summed E-state index contributed by atoms with van der Waals surface area (Å²) >= 11 is 0. The zero-order chi connectivity index (χ0) is 22.7. The highest BCUT2D eigenvalue weighted by Crippen LogP contribution is 2.34. The summed E-state index contributed by atoms with van der Waals surface area (Å²) in [4.78, 5) is 10.2. The first kappa shape index (κ1) is 22.7. The number of alkyl halides is 3. The number of nitrogens with zero attached hydrogens (tertiary/aromatic N) is 5. The highest BCUT2D eigenvalue weighted by atomic mass is 19.4. The second-order valence-corrected chi connectivity index (χ2v) is 7.92. The van der Waals surface area contributed by atoms with Gasteiger partial charge in [0.1, 0.15) is 11.4 Å². The van der Waals surface area contributed by atoms with Gasteiger partial charge >= 0.3 is 6.18 Å². The maximum Gasteiger partial charge on any atom is 0.421 e. The summed E-state index contributed by atoms with van der Waals surface area (Å²) in [5, 5.41) is 10.3. The van der Waals surface area contributed by atoms with Gasteiger partial charge in [0.05, 0.1) is 30.6 Å². The van der Waals surface area contributed by atoms with Crippen molar-refractivity contribution in [3.8, 4) is 0 Å². The first-order chi connectivity index (χ1) is 15.3. The number of nitrogens with one attached hydrogen (secondary N) is 2. The maximum atomic E-state index is 13.2. The monoisotopic (exact) mass is 455 g/mol. The lowest BCUT2D eigenvalue weighted by Gasteiger charge is -2.32. The van der Waals surface area contributed by atoms with E-state index in [9.17, 15) is 13.2 Å². The predicted molar refractivity (Wildman–Crippen MR) is 112 cm³/mol. The van der Waals surface area contributed by atoms with Crippen LogP contribution >= 0.6 is 0 Å². The molecule has 2 aliphatic heterocycles. The molecule has 12 heteroatoms. The van der Waals surface area contributed by atoms with E-state index in [1.54, 1.807) is 6.92 Å². The number of likely N-dealkylation sites (tertiary alicyclic amines) is 1. The first-order valence-electron chi connectivity index (χ1n) is 10.8. The number of aryl methyl sites for hydroxylation is 1. The van der Waals surface area contributed by atoms with Crippen molar-refractivity contribution in [2.45, 2.75) is 45.2 Å². The summed E-state index contributed by atoms with van der Waals surface area (Å²) in [6, 6.07) is 0.247. The molecule has 32 heavy (non-hydrogen) atoms. The SMILES string of the molecule is CCNc1nc(Nc2cn(C3CCN(CC4OCCO4)CC3)nc2C)ncc1C(F)(F)F. The Morgan fingerprint density at radius 2 is 1.91 bits per heavy atom. The largest absolute Gasteiger partial charge is 0.421 e. The van der Waals surface area contributed by atoms with Crippen molar-refractivity contribution < 1.29 is 22.6 Å². The van der Waals surface area contributed by atoms with Gasteiger partial charge in [-0.2, -0.15) is 23.3 Å². The number of halogens is 3. The van der Waals surface area contributed by atoms with E-state index < -0.39 is 11.7 Å². The van der Waals surface area contributed by atoms with Crippen LogP contribution in [-0.2, 0) is 15.7 Å². The zero-order valence-electron chi connectivity index (χ0n) is 18.2. The Morgan fingerprint density at radius 1 is 1.19 bits per heavy atom. The van der Waals surface area contributed by atoms with E-state index in [0.29, 0.717) is 25.4 Å². The quantitative estimate of drug-likeness (QED) is 0.658. The van der Waals surface area contributed by atoms with Crippen molar-refractivity contribution in [1.29, 1.82) is 0 Å². The Morgan fingerprint density at radius 3 is 2.56 bits per heavy atom. The van der Waals surface area contributed by atoms with Crippen molar-refractivity contribution in [2.75, 3.05) is 50.0 Å². The number of rotatable bonds is 7. The fourth-order valence-corrected chi connectivity index (χ4v) is 3.95. The van der Waals surface area contributed by atoms with E-state index in [1.165, 1.54) is 0 Å². The van der Waals surface area contributed by atoms with Crippen LogP contribution in [0.2, 0.25) is 0 Å². The van der Waals surface area contributed by atoms with Gasteiger partial charge in [-0.05, 0) is 26.7 Å². The molecular formula is C20H28F3N7O2. The Kier molecular flexibility index (Phi) is 6.82. The summed E-state index contributed by atoms with van der Waals surface area (Å²) in [5.41, 5.74) is 0.508. The Balaban J connectivity index is 1.40. The average molecular weight is 455 g/mol. The number of ether oxygens (including phenoxy) is 2. The van der Waals surface area contributed by atoms with Gasteiger partial charge in [-0.3, -0.25) is 9.58 Å². The topological polar surface area (TPSA) is 89.4 Å². The molecule has 0 saturated carbocycles. The highest BCUT2D eigenvalue weighted by molar-refractivity contribution is 5.58. The molecular weight excluding hydrogens is 427 g/mol. The van der Waals surface area contributed by atoms with Gasteiger partial charge in [0.25, 0.3) is 0 Å². The molecule has 0 aliphatic carbocycles. The summed E-state index contributed by atoms with van der Waals surface area (Å²) in [7, 11) is 0. The Labute approximate surface area is 184 Å². The number of anilines is 3. The van der Waals surface area contributed by atoms with Gasteiger partial charge in [-0.1, -0.05) is 0 Å². The van der Waals surface area contributed by atoms with Crippen molar-refractivity contribution in [3.05, 3.63) is 23.7 Å². The normalized spacial score (nSPS) is 18.9. The molecule has 2 aromatic heterocycles. The molecule has 0 bridgehead atoms. The number of hydrogen-bond donors (Lipinski definition) is 2. The predicted octanol–water partition coefficient (Wildman–Crippen LogP) is 3.19. The van der Waals surface area contributed by atoms with E-state index in [4.69, 9.17) is 9.47 Å². The van der Waals surface area contributed by atoms with Crippen molar-refractivity contribution in [1.82, 2.24) is 24.6 Å². The second kappa shape index (κ2) is 9.59. The minimum Gasteiger partial charge on any atom is -0.370 e. The van der Waals surface area contributed by atoms with Crippen LogP contribution in [0.15, 0.2) is 12.4 Å². The molecule has 2 aromatic rings. The Bertz CT molecular complexity index is 907. The van der Waals surface area contributed by atoms with Gasteiger partial charge in [0.2, 0.25) is 5.95 Å². The Hall–Kier alpha value is -2.44. The molecule has 0 amide bonds. The number of aromatic nitrogens is 4. The molecule has 2 fully saturated rings. The first-order valence-corrected chi connectivity index (χ1v) is 10.8. The van der Waals surface area contributed by atoms with E-state index in [1.807, 2.05) is 17.8 Å². The molecule has 0 radical (unpaired) electrons. The highest BCUT2D eigenvalue weighted by Gasteiger charge is 2.35. The van der Waals surface area contributed by atoms with E-state index in [0.717, 1.165) is 44.4 Å². The third-order valence-electron chi connectivity index (χ3n) is 5.63. The third kappa shape index (κ3) is 5.30. The third-order valence-corrected chi connectivity index (χ3v) is 5.63. The van der Waals surface area contributed by atoms with Crippen LogP contribution in [0.3, 0.4) is 0 Å². The molecule has 2 saturated heterocycles. The molecule has 4 rings (SSSR count). The second-order valence-electron chi connectivity index (χ2n) is 7.92. The minimum atomic E-state index is -4.53. The van der Waals surface area contributed by atoms with Gasteiger partial charge in [-0.15, -0.1) is 0 Å². The molecule has 176 valence electrons. The summed E-state index contributed by atoms with van der Waals surface area (Å²) < 4.78 is 52.5. The minimum absolute atomic E-state index is 0.0861. The van der Waals surface area contributed by atoms with Gasteiger partial charge in [-0.25, -0.2) is 4.98 Å². The number of hydrogen-bond acceptors (Lipinski definition) is 8. The summed E-state index contributed by atoms with van der Waals surface area (Å²) in [6.45, 7) is 7.80. The van der Waals surface area contributed by atoms with Crippen LogP contribution in [0, 0.1) is 6.92 Å². The van der Waals surface area contributed by atoms with E-state index >= 15 is 0 Å². The fourth-order valence-electron chi connectivity index (χ4n) is 3.95. The van der Waals surface area contributed by atoms with Crippen molar-refractivity contribution in [2.24, 2.45) is 0 Å². The van der Waals surface area contributed by atoms with Crippen LogP contribution in [0.4, 0.5) is 30.6 Å². The standard InChI is InChI=1S/C20H28F3N7O2/c1-3-24-18-15(20(21,22)23)10-25-19(27-18)26-16-11-30(28-13(16)2)14-4-6-29(7-5-14)12-17-31-8-9-32-17/h10-11,14,17H,3-9,12H2,1-2H3,(H2,24,25,26,27). The lowest BCUT2D eigenvalue weighted by molar-refractivity contribution is -0.137. The van der Waals surface area contributed by atoms with E-state index in [2.05, 4.69) is 30.6 Å². The molecule has 0 unspecified atom stereocenters. The van der Waals surface area contributed by atoms with Crippen LogP contribution < -0.4 is 10.6 Å².